The van der Waals surface area contributed by atoms with Gasteiger partial charge in [-0.2, -0.15) is 0 Å². The van der Waals surface area contributed by atoms with Crippen molar-refractivity contribution in [2.45, 2.75) is 399 Å². The van der Waals surface area contributed by atoms with Crippen molar-refractivity contribution in [3.63, 3.8) is 0 Å². The third-order valence-corrected chi connectivity index (χ3v) is 18.6. The zero-order chi connectivity index (χ0) is 64.8. The number of likely N-dealkylation sites (N-methyl/N-ethyl adjacent to an activating group) is 1. The second-order valence-corrected chi connectivity index (χ2v) is 29.2. The van der Waals surface area contributed by atoms with Gasteiger partial charge in [-0.1, -0.05) is 377 Å². The average Bonchev–Trinajstić information content (AvgIpc) is 3.60. The van der Waals surface area contributed by atoms with E-state index in [-0.39, 0.29) is 25.6 Å². The number of hydrogen-bond donors (Lipinski definition) is 1. The summed E-state index contributed by atoms with van der Waals surface area (Å²) in [6, 6.07) is 0. The highest BCUT2D eigenvalue weighted by atomic mass is 31.2. The summed E-state index contributed by atoms with van der Waals surface area (Å²) in [7, 11) is 1.50. The Labute approximate surface area is 554 Å². The highest BCUT2D eigenvalue weighted by molar-refractivity contribution is 7.47. The first-order valence-electron chi connectivity index (χ1n) is 38.9. The third kappa shape index (κ3) is 74.9. The van der Waals surface area contributed by atoms with Gasteiger partial charge in [-0.25, -0.2) is 4.57 Å². The summed E-state index contributed by atoms with van der Waals surface area (Å²) in [5.74, 6) is -0.776. The van der Waals surface area contributed by atoms with Crippen molar-refractivity contribution in [2.75, 3.05) is 47.5 Å². The Morgan fingerprint density at radius 2 is 0.640 bits per heavy atom. The summed E-state index contributed by atoms with van der Waals surface area (Å²) in [6.45, 7) is 4.40. The van der Waals surface area contributed by atoms with Crippen LogP contribution in [0.3, 0.4) is 0 Å². The Bertz CT molecular complexity index is 1640. The molecule has 0 aliphatic rings. The third-order valence-electron chi connectivity index (χ3n) is 17.6. The van der Waals surface area contributed by atoms with Gasteiger partial charge in [-0.05, 0) is 51.4 Å². The van der Waals surface area contributed by atoms with Crippen LogP contribution in [0.25, 0.3) is 0 Å². The molecule has 0 rings (SSSR count). The maximum absolute atomic E-state index is 12.9. The first kappa shape index (κ1) is 87.0. The molecule has 1 N–H and O–H groups in total. The van der Waals surface area contributed by atoms with Crippen molar-refractivity contribution in [2.24, 2.45) is 0 Å². The second kappa shape index (κ2) is 70.3. The van der Waals surface area contributed by atoms with Gasteiger partial charge in [0.1, 0.15) is 19.8 Å². The molecule has 0 aromatic carbocycles. The zero-order valence-electron chi connectivity index (χ0n) is 59.9. The van der Waals surface area contributed by atoms with E-state index in [1.807, 2.05) is 21.1 Å². The molecule has 0 saturated heterocycles. The maximum atomic E-state index is 12.9. The molecular weight excluding hydrogens is 1120 g/mol. The molecule has 10 heteroatoms. The molecule has 0 amide bonds. The molecule has 0 aromatic heterocycles. The first-order chi connectivity index (χ1) is 43.5. The predicted octanol–water partition coefficient (Wildman–Crippen LogP) is 25.6. The van der Waals surface area contributed by atoms with Crippen LogP contribution in [-0.2, 0) is 32.7 Å². The number of unbranched alkanes of at least 4 members (excludes halogenated alkanes) is 51. The summed E-state index contributed by atoms with van der Waals surface area (Å²) < 4.78 is 34.8. The van der Waals surface area contributed by atoms with E-state index < -0.39 is 26.5 Å². The smallest absolute Gasteiger partial charge is 0.462 e. The first-order valence-corrected chi connectivity index (χ1v) is 40.4. The number of esters is 2. The molecule has 0 aromatic rings. The van der Waals surface area contributed by atoms with Gasteiger partial charge in [-0.15, -0.1) is 0 Å². The van der Waals surface area contributed by atoms with Crippen molar-refractivity contribution in [3.8, 4) is 0 Å². The van der Waals surface area contributed by atoms with Gasteiger partial charge in [0.25, 0.3) is 0 Å². The lowest BCUT2D eigenvalue weighted by atomic mass is 10.0. The quantitative estimate of drug-likeness (QED) is 0.0211. The Balaban J connectivity index is 3.91. The fourth-order valence-electron chi connectivity index (χ4n) is 11.7. The Hall–Kier alpha value is -2.03. The Morgan fingerprint density at radius 1 is 0.360 bits per heavy atom. The highest BCUT2D eigenvalue weighted by Gasteiger charge is 2.27. The minimum Gasteiger partial charge on any atom is -0.462 e. The van der Waals surface area contributed by atoms with Crippen LogP contribution in [0.4, 0.5) is 0 Å². The summed E-state index contributed by atoms with van der Waals surface area (Å²) >= 11 is 0. The minimum absolute atomic E-state index is 0.0338. The molecule has 0 saturated carbocycles. The normalized spacial score (nSPS) is 13.3. The van der Waals surface area contributed by atoms with Crippen LogP contribution in [0.15, 0.2) is 48.6 Å². The van der Waals surface area contributed by atoms with Gasteiger partial charge >= 0.3 is 19.8 Å². The molecule has 0 bridgehead atoms. The van der Waals surface area contributed by atoms with Crippen molar-refractivity contribution >= 4 is 19.8 Å². The zero-order valence-corrected chi connectivity index (χ0v) is 60.8. The number of nitrogens with zero attached hydrogens (tertiary/aromatic N) is 1. The molecule has 9 nitrogen and oxygen atoms in total. The summed E-state index contributed by atoms with van der Waals surface area (Å²) in [5.41, 5.74) is 0. The van der Waals surface area contributed by atoms with E-state index in [9.17, 15) is 19.0 Å². The van der Waals surface area contributed by atoms with E-state index in [1.165, 1.54) is 302 Å². The summed E-state index contributed by atoms with van der Waals surface area (Å²) in [5, 5.41) is 0. The van der Waals surface area contributed by atoms with E-state index in [0.717, 1.165) is 57.8 Å². The standard InChI is InChI=1S/C79H150NO8P/c1-6-8-10-12-14-16-18-20-22-24-26-28-30-32-34-36-37-38-39-40-41-42-44-45-47-49-51-53-55-57-59-61-63-65-67-69-71-78(81)85-75-77(76-87-89(83,84)86-74-73-80(3,4)5)88-79(82)72-70-68-66-64-62-60-58-56-54-52-50-48-46-43-35-33-31-29-27-25-23-21-19-17-15-13-11-9-7-2/h9,11,15,17,21,23,27,29,77H,6-8,10,12-14,16,18-20,22,24-26,28,30-76H2,1-5H3/p+1/b11-9-,17-15-,23-21-,29-27-. The van der Waals surface area contributed by atoms with E-state index in [1.54, 1.807) is 0 Å². The monoisotopic (exact) mass is 1270 g/mol. The maximum Gasteiger partial charge on any atom is 0.472 e. The average molecular weight is 1270 g/mol. The molecule has 0 spiro atoms. The number of hydrogen-bond acceptors (Lipinski definition) is 7. The van der Waals surface area contributed by atoms with E-state index >= 15 is 0 Å². The summed E-state index contributed by atoms with van der Waals surface area (Å²) in [6.07, 6.45) is 92.6. The Morgan fingerprint density at radius 3 is 0.955 bits per heavy atom. The van der Waals surface area contributed by atoms with Gasteiger partial charge in [0.15, 0.2) is 6.10 Å². The number of rotatable bonds is 73. The topological polar surface area (TPSA) is 108 Å². The molecular formula is C79H151NO8P+. The lowest BCUT2D eigenvalue weighted by Crippen LogP contribution is -2.37. The lowest BCUT2D eigenvalue weighted by Gasteiger charge is -2.24. The number of carbonyl (C=O) groups is 2. The molecule has 0 aliphatic heterocycles. The number of allylic oxidation sites excluding steroid dienone is 8. The van der Waals surface area contributed by atoms with Crippen LogP contribution in [0, 0.1) is 0 Å². The molecule has 2 unspecified atom stereocenters. The van der Waals surface area contributed by atoms with Gasteiger partial charge in [0, 0.05) is 12.8 Å². The van der Waals surface area contributed by atoms with Crippen molar-refractivity contribution in [1.29, 1.82) is 0 Å². The molecule has 89 heavy (non-hydrogen) atoms. The van der Waals surface area contributed by atoms with Crippen molar-refractivity contribution < 1.29 is 42.1 Å². The fraction of sp³-hybridized carbons (Fsp3) is 0.873. The lowest BCUT2D eigenvalue weighted by molar-refractivity contribution is -0.870. The van der Waals surface area contributed by atoms with E-state index in [0.29, 0.717) is 23.9 Å². The minimum atomic E-state index is -4.39. The number of quaternary nitrogens is 1. The van der Waals surface area contributed by atoms with Gasteiger partial charge in [0.05, 0.1) is 27.7 Å². The van der Waals surface area contributed by atoms with E-state index in [2.05, 4.69) is 62.5 Å². The summed E-state index contributed by atoms with van der Waals surface area (Å²) in [4.78, 5) is 35.9. The number of phosphoric acid groups is 1. The molecule has 0 radical (unpaired) electrons. The molecule has 0 fully saturated rings. The van der Waals surface area contributed by atoms with Crippen LogP contribution in [-0.4, -0.2) is 74.9 Å². The number of phosphoric ester groups is 1. The van der Waals surface area contributed by atoms with Crippen molar-refractivity contribution in [3.05, 3.63) is 48.6 Å². The Kier molecular flexibility index (Phi) is 68.7. The van der Waals surface area contributed by atoms with Crippen LogP contribution < -0.4 is 0 Å². The fourth-order valence-corrected chi connectivity index (χ4v) is 12.5. The van der Waals surface area contributed by atoms with Crippen LogP contribution >= 0.6 is 7.82 Å². The SMILES string of the molecule is CC/C=C\C/C=C\C/C=C\C/C=C\CCCCCCCCCCCCCCCCCCC(=O)OC(COC(=O)CCCCCCCCCCCCCCCCCCCCCCCCCCCCCCCCCCCCCC)COP(=O)(O)OCC[N+](C)(C)C. The molecule has 2 atom stereocenters. The van der Waals surface area contributed by atoms with E-state index in [4.69, 9.17) is 18.5 Å². The van der Waals surface area contributed by atoms with Crippen LogP contribution in [0.2, 0.25) is 0 Å². The largest absolute Gasteiger partial charge is 0.472 e. The van der Waals surface area contributed by atoms with Crippen LogP contribution in [0.1, 0.15) is 393 Å². The van der Waals surface area contributed by atoms with Gasteiger partial charge in [0.2, 0.25) is 0 Å². The van der Waals surface area contributed by atoms with Crippen molar-refractivity contribution in [1.82, 2.24) is 0 Å². The molecule has 0 aliphatic carbocycles. The second-order valence-electron chi connectivity index (χ2n) is 27.7. The molecule has 524 valence electrons. The van der Waals surface area contributed by atoms with Crippen LogP contribution in [0.5, 0.6) is 0 Å². The highest BCUT2D eigenvalue weighted by Crippen LogP contribution is 2.43. The van der Waals surface area contributed by atoms with Gasteiger partial charge in [-0.3, -0.25) is 18.6 Å². The predicted molar refractivity (Wildman–Crippen MR) is 386 cm³/mol. The number of ether oxygens (including phenoxy) is 2. The van der Waals surface area contributed by atoms with Gasteiger partial charge < -0.3 is 18.9 Å². The molecule has 0 heterocycles. The number of carbonyl (C=O) groups excluding carboxylic acids is 2.